The first kappa shape index (κ1) is 13.0. The van der Waals surface area contributed by atoms with Crippen molar-refractivity contribution in [2.75, 3.05) is 6.61 Å². The SMILES string of the molecule is C[C@@H]1CCC[C@@H](C)C1N[C@@H](C)CCCO. The Labute approximate surface area is 94.5 Å². The summed E-state index contributed by atoms with van der Waals surface area (Å²) in [6, 6.07) is 1.23. The average Bonchev–Trinajstić information content (AvgIpc) is 2.21. The molecule has 1 saturated carbocycles. The van der Waals surface area contributed by atoms with Crippen LogP contribution >= 0.6 is 0 Å². The minimum absolute atomic E-state index is 0.321. The van der Waals surface area contributed by atoms with E-state index < -0.39 is 0 Å². The van der Waals surface area contributed by atoms with Gasteiger partial charge in [-0.1, -0.05) is 20.3 Å². The molecule has 0 bridgehead atoms. The first-order valence-corrected chi connectivity index (χ1v) is 6.52. The molecule has 0 aromatic rings. The molecule has 2 nitrogen and oxygen atoms in total. The smallest absolute Gasteiger partial charge is 0.0431 e. The quantitative estimate of drug-likeness (QED) is 0.735. The van der Waals surface area contributed by atoms with Crippen LogP contribution in [0.3, 0.4) is 0 Å². The van der Waals surface area contributed by atoms with Crippen molar-refractivity contribution in [2.45, 2.75) is 65.0 Å². The normalized spacial score (nSPS) is 30.4. The summed E-state index contributed by atoms with van der Waals surface area (Å²) in [5.74, 6) is 1.62. The highest BCUT2D eigenvalue weighted by Gasteiger charge is 2.28. The van der Waals surface area contributed by atoms with Crippen LogP contribution in [0.5, 0.6) is 0 Å². The molecule has 0 aromatic heterocycles. The van der Waals surface area contributed by atoms with Crippen LogP contribution < -0.4 is 5.32 Å². The highest BCUT2D eigenvalue weighted by molar-refractivity contribution is 4.84. The van der Waals surface area contributed by atoms with Crippen LogP contribution in [0.2, 0.25) is 0 Å². The maximum Gasteiger partial charge on any atom is 0.0431 e. The number of hydrogen-bond acceptors (Lipinski definition) is 2. The standard InChI is InChI=1S/C13H27NO/c1-10-6-4-7-11(2)13(10)14-12(3)8-5-9-15/h10-15H,4-9H2,1-3H3/t10-,11-,12+/m1/s1. The Bertz CT molecular complexity index is 162. The molecular weight excluding hydrogens is 186 g/mol. The monoisotopic (exact) mass is 213 g/mol. The third-order valence-electron chi connectivity index (χ3n) is 3.82. The molecule has 0 aliphatic heterocycles. The van der Waals surface area contributed by atoms with Gasteiger partial charge in [0.15, 0.2) is 0 Å². The van der Waals surface area contributed by atoms with E-state index in [0.29, 0.717) is 18.7 Å². The molecule has 90 valence electrons. The molecule has 1 aliphatic rings. The molecule has 3 atom stereocenters. The highest BCUT2D eigenvalue weighted by Crippen LogP contribution is 2.29. The van der Waals surface area contributed by atoms with Gasteiger partial charge in [0, 0.05) is 18.7 Å². The topological polar surface area (TPSA) is 32.3 Å². The molecule has 2 N–H and O–H groups in total. The molecule has 2 heteroatoms. The lowest BCUT2D eigenvalue weighted by Crippen LogP contribution is -2.46. The van der Waals surface area contributed by atoms with Crippen LogP contribution in [0.1, 0.15) is 52.9 Å². The molecule has 0 amide bonds. The zero-order valence-electron chi connectivity index (χ0n) is 10.5. The summed E-state index contributed by atoms with van der Waals surface area (Å²) in [5, 5.41) is 12.5. The lowest BCUT2D eigenvalue weighted by Gasteiger charge is -2.37. The van der Waals surface area contributed by atoms with E-state index in [1.54, 1.807) is 0 Å². The van der Waals surface area contributed by atoms with Crippen LogP contribution in [0.15, 0.2) is 0 Å². The maximum absolute atomic E-state index is 8.80. The van der Waals surface area contributed by atoms with Gasteiger partial charge in [0.1, 0.15) is 0 Å². The van der Waals surface area contributed by atoms with E-state index in [2.05, 4.69) is 26.1 Å². The van der Waals surface area contributed by atoms with Crippen LogP contribution in [-0.2, 0) is 0 Å². The Morgan fingerprint density at radius 2 is 1.87 bits per heavy atom. The van der Waals surface area contributed by atoms with Crippen molar-refractivity contribution in [1.29, 1.82) is 0 Å². The van der Waals surface area contributed by atoms with E-state index in [-0.39, 0.29) is 0 Å². The molecule has 15 heavy (non-hydrogen) atoms. The molecule has 0 saturated heterocycles. The van der Waals surface area contributed by atoms with E-state index in [1.165, 1.54) is 19.3 Å². The largest absolute Gasteiger partial charge is 0.396 e. The van der Waals surface area contributed by atoms with Gasteiger partial charge in [-0.05, 0) is 44.4 Å². The summed E-state index contributed by atoms with van der Waals surface area (Å²) in [7, 11) is 0. The zero-order valence-corrected chi connectivity index (χ0v) is 10.5. The summed E-state index contributed by atoms with van der Waals surface area (Å²) < 4.78 is 0. The predicted octanol–water partition coefficient (Wildman–Crippen LogP) is 2.56. The second-order valence-electron chi connectivity index (χ2n) is 5.34. The van der Waals surface area contributed by atoms with Crippen molar-refractivity contribution in [3.63, 3.8) is 0 Å². The number of aliphatic hydroxyl groups excluding tert-OH is 1. The molecule has 0 aromatic carbocycles. The van der Waals surface area contributed by atoms with E-state index in [0.717, 1.165) is 24.7 Å². The Morgan fingerprint density at radius 3 is 2.40 bits per heavy atom. The van der Waals surface area contributed by atoms with Gasteiger partial charge in [0.2, 0.25) is 0 Å². The minimum Gasteiger partial charge on any atom is -0.396 e. The van der Waals surface area contributed by atoms with E-state index >= 15 is 0 Å². The molecule has 0 spiro atoms. The van der Waals surface area contributed by atoms with Gasteiger partial charge < -0.3 is 10.4 Å². The van der Waals surface area contributed by atoms with Crippen molar-refractivity contribution in [2.24, 2.45) is 11.8 Å². The van der Waals surface area contributed by atoms with Gasteiger partial charge in [-0.25, -0.2) is 0 Å². The van der Waals surface area contributed by atoms with Gasteiger partial charge in [-0.15, -0.1) is 0 Å². The highest BCUT2D eigenvalue weighted by atomic mass is 16.2. The summed E-state index contributed by atoms with van der Waals surface area (Å²) in [6.07, 6.45) is 6.14. The van der Waals surface area contributed by atoms with Crippen LogP contribution in [-0.4, -0.2) is 23.8 Å². The third kappa shape index (κ3) is 4.12. The fourth-order valence-electron chi connectivity index (χ4n) is 2.82. The Balaban J connectivity index is 2.33. The lowest BCUT2D eigenvalue weighted by atomic mass is 9.78. The number of nitrogens with one attached hydrogen (secondary N) is 1. The van der Waals surface area contributed by atoms with Crippen molar-refractivity contribution >= 4 is 0 Å². The molecule has 0 heterocycles. The maximum atomic E-state index is 8.80. The molecule has 1 aliphatic carbocycles. The number of rotatable bonds is 5. The third-order valence-corrected chi connectivity index (χ3v) is 3.82. The number of hydrogen-bond donors (Lipinski definition) is 2. The van der Waals surface area contributed by atoms with Crippen LogP contribution in [0.4, 0.5) is 0 Å². The number of aliphatic hydroxyl groups is 1. The van der Waals surface area contributed by atoms with Gasteiger partial charge >= 0.3 is 0 Å². The first-order valence-electron chi connectivity index (χ1n) is 6.52. The van der Waals surface area contributed by atoms with Crippen LogP contribution in [0, 0.1) is 11.8 Å². The molecule has 0 radical (unpaired) electrons. The van der Waals surface area contributed by atoms with Crippen molar-refractivity contribution < 1.29 is 5.11 Å². The van der Waals surface area contributed by atoms with Gasteiger partial charge in [0.25, 0.3) is 0 Å². The lowest BCUT2D eigenvalue weighted by molar-refractivity contribution is 0.188. The summed E-state index contributed by atoms with van der Waals surface area (Å²) in [4.78, 5) is 0. The van der Waals surface area contributed by atoms with E-state index in [4.69, 9.17) is 5.11 Å². The van der Waals surface area contributed by atoms with Crippen LogP contribution in [0.25, 0.3) is 0 Å². The summed E-state index contributed by atoms with van der Waals surface area (Å²) in [5.41, 5.74) is 0. The molecule has 1 fully saturated rings. The predicted molar refractivity (Wildman–Crippen MR) is 64.9 cm³/mol. The Morgan fingerprint density at radius 1 is 1.27 bits per heavy atom. The summed E-state index contributed by atoms with van der Waals surface area (Å²) in [6.45, 7) is 7.30. The minimum atomic E-state index is 0.321. The molecule has 0 unspecified atom stereocenters. The van der Waals surface area contributed by atoms with Crippen molar-refractivity contribution in [3.8, 4) is 0 Å². The van der Waals surface area contributed by atoms with Gasteiger partial charge in [-0.3, -0.25) is 0 Å². The molecule has 1 rings (SSSR count). The second kappa shape index (κ2) is 6.49. The van der Waals surface area contributed by atoms with E-state index in [9.17, 15) is 0 Å². The summed E-state index contributed by atoms with van der Waals surface area (Å²) >= 11 is 0. The fraction of sp³-hybridized carbons (Fsp3) is 1.00. The second-order valence-corrected chi connectivity index (χ2v) is 5.34. The Kier molecular flexibility index (Phi) is 5.62. The fourth-order valence-corrected chi connectivity index (χ4v) is 2.82. The average molecular weight is 213 g/mol. The van der Waals surface area contributed by atoms with Gasteiger partial charge in [0.05, 0.1) is 0 Å². The van der Waals surface area contributed by atoms with Gasteiger partial charge in [-0.2, -0.15) is 0 Å². The zero-order chi connectivity index (χ0) is 11.3. The first-order chi connectivity index (χ1) is 7.15. The van der Waals surface area contributed by atoms with Crippen molar-refractivity contribution in [1.82, 2.24) is 5.32 Å². The van der Waals surface area contributed by atoms with E-state index in [1.807, 2.05) is 0 Å². The van der Waals surface area contributed by atoms with Crippen molar-refractivity contribution in [3.05, 3.63) is 0 Å². The molecular formula is C13H27NO. The Hall–Kier alpha value is -0.0800.